The van der Waals surface area contributed by atoms with Crippen molar-refractivity contribution in [2.75, 3.05) is 17.3 Å². The van der Waals surface area contributed by atoms with Gasteiger partial charge in [0.25, 0.3) is 5.91 Å². The lowest BCUT2D eigenvalue weighted by molar-refractivity contribution is 0.101. The number of nitrogens with two attached hydrogens (primary N) is 1. The van der Waals surface area contributed by atoms with Crippen molar-refractivity contribution < 1.29 is 17.8 Å². The summed E-state index contributed by atoms with van der Waals surface area (Å²) in [7, 11) is -3.35. The van der Waals surface area contributed by atoms with Crippen molar-refractivity contribution in [1.29, 1.82) is 0 Å². The summed E-state index contributed by atoms with van der Waals surface area (Å²) in [5.74, 6) is -0.777. The van der Waals surface area contributed by atoms with Gasteiger partial charge in [-0.25, -0.2) is 13.0 Å². The van der Waals surface area contributed by atoms with Crippen LogP contribution >= 0.6 is 0 Å². The zero-order valence-corrected chi connectivity index (χ0v) is 10.6. The van der Waals surface area contributed by atoms with Crippen molar-refractivity contribution in [2.45, 2.75) is 4.90 Å². The number of hydrogen-bond donors (Lipinski definition) is 2. The minimum absolute atomic E-state index is 0.0940. The van der Waals surface area contributed by atoms with Gasteiger partial charge >= 0.3 is 0 Å². The van der Waals surface area contributed by atoms with Gasteiger partial charge in [0.1, 0.15) is 0 Å². The number of aromatic nitrogens is 2. The molecule has 0 unspecified atom stereocenters. The van der Waals surface area contributed by atoms with Crippen LogP contribution in [0.2, 0.25) is 0 Å². The molecule has 0 aliphatic carbocycles. The Bertz CT molecular complexity index is 723. The van der Waals surface area contributed by atoms with E-state index >= 15 is 0 Å². The van der Waals surface area contributed by atoms with Crippen LogP contribution in [0.5, 0.6) is 0 Å². The summed E-state index contributed by atoms with van der Waals surface area (Å²) in [5.41, 5.74) is 5.51. The molecule has 1 amide bonds. The fraction of sp³-hybridized carbons (Fsp3) is 0.100. The van der Waals surface area contributed by atoms with Crippen LogP contribution in [0, 0.1) is 0 Å². The third kappa shape index (κ3) is 2.88. The SMILES string of the molecule is CS(=O)(=O)c1cccc(NC(=O)c2nonc2N)c1. The topological polar surface area (TPSA) is 128 Å². The first kappa shape index (κ1) is 13.0. The van der Waals surface area contributed by atoms with Crippen LogP contribution < -0.4 is 11.1 Å². The van der Waals surface area contributed by atoms with Crippen molar-refractivity contribution in [2.24, 2.45) is 0 Å². The molecular weight excluding hydrogens is 272 g/mol. The standard InChI is InChI=1S/C10H10N4O4S/c1-19(16,17)7-4-2-3-6(5-7)12-10(15)8-9(11)14-18-13-8/h2-5H,1H3,(H2,11,14)(H,12,15). The molecule has 0 aliphatic rings. The quantitative estimate of drug-likeness (QED) is 0.828. The number of anilines is 2. The third-order valence-electron chi connectivity index (χ3n) is 2.25. The van der Waals surface area contributed by atoms with Crippen LogP contribution in [-0.2, 0) is 9.84 Å². The number of nitrogens with zero attached hydrogens (tertiary/aromatic N) is 2. The molecule has 0 radical (unpaired) electrons. The summed E-state index contributed by atoms with van der Waals surface area (Å²) in [6.45, 7) is 0. The first-order valence-electron chi connectivity index (χ1n) is 5.07. The molecule has 8 nitrogen and oxygen atoms in total. The number of sulfone groups is 1. The molecule has 2 aromatic rings. The number of carbonyl (C=O) groups excluding carboxylic acids is 1. The van der Waals surface area contributed by atoms with Crippen LogP contribution in [-0.4, -0.2) is 30.9 Å². The van der Waals surface area contributed by atoms with Gasteiger partial charge in [-0.3, -0.25) is 4.79 Å². The predicted octanol–water partition coefficient (Wildman–Crippen LogP) is 0.308. The molecule has 100 valence electrons. The van der Waals surface area contributed by atoms with Gasteiger partial charge in [0.15, 0.2) is 9.84 Å². The molecule has 0 atom stereocenters. The Morgan fingerprint density at radius 2 is 2.11 bits per heavy atom. The Hall–Kier alpha value is -2.42. The Balaban J connectivity index is 2.25. The van der Waals surface area contributed by atoms with Gasteiger partial charge in [-0.1, -0.05) is 6.07 Å². The summed E-state index contributed by atoms with van der Waals surface area (Å²) >= 11 is 0. The van der Waals surface area contributed by atoms with Gasteiger partial charge < -0.3 is 11.1 Å². The molecule has 1 aromatic carbocycles. The van der Waals surface area contributed by atoms with Crippen LogP contribution in [0.25, 0.3) is 0 Å². The average molecular weight is 282 g/mol. The summed E-state index contributed by atoms with van der Waals surface area (Å²) < 4.78 is 27.1. The summed E-state index contributed by atoms with van der Waals surface area (Å²) in [6.07, 6.45) is 1.08. The molecule has 19 heavy (non-hydrogen) atoms. The highest BCUT2D eigenvalue weighted by molar-refractivity contribution is 7.90. The van der Waals surface area contributed by atoms with Crippen molar-refractivity contribution in [3.05, 3.63) is 30.0 Å². The molecule has 1 aromatic heterocycles. The minimum atomic E-state index is -3.35. The smallest absolute Gasteiger partial charge is 0.281 e. The molecule has 0 spiro atoms. The van der Waals surface area contributed by atoms with Gasteiger partial charge in [0, 0.05) is 11.9 Å². The Kier molecular flexibility index (Phi) is 3.21. The van der Waals surface area contributed by atoms with E-state index in [1.54, 1.807) is 0 Å². The molecule has 0 aliphatic heterocycles. The first-order chi connectivity index (χ1) is 8.88. The van der Waals surface area contributed by atoms with Crippen LogP contribution in [0.4, 0.5) is 11.5 Å². The molecule has 0 fully saturated rings. The number of hydrogen-bond acceptors (Lipinski definition) is 7. The lowest BCUT2D eigenvalue weighted by Crippen LogP contribution is -2.14. The maximum atomic E-state index is 11.8. The highest BCUT2D eigenvalue weighted by atomic mass is 32.2. The molecule has 0 bridgehead atoms. The van der Waals surface area contributed by atoms with E-state index in [9.17, 15) is 13.2 Å². The molecule has 2 rings (SSSR count). The Labute approximate surface area is 108 Å². The zero-order chi connectivity index (χ0) is 14.0. The fourth-order valence-corrected chi connectivity index (χ4v) is 2.01. The lowest BCUT2D eigenvalue weighted by atomic mass is 10.3. The second kappa shape index (κ2) is 4.69. The van der Waals surface area contributed by atoms with Crippen LogP contribution in [0.1, 0.15) is 10.5 Å². The molecule has 0 saturated heterocycles. The molecule has 9 heteroatoms. The van der Waals surface area contributed by atoms with E-state index in [0.717, 1.165) is 6.26 Å². The summed E-state index contributed by atoms with van der Waals surface area (Å²) in [6, 6.07) is 5.81. The van der Waals surface area contributed by atoms with E-state index in [-0.39, 0.29) is 16.4 Å². The van der Waals surface area contributed by atoms with Gasteiger partial charge in [-0.15, -0.1) is 0 Å². The number of nitrogens with one attached hydrogen (secondary N) is 1. The van der Waals surface area contributed by atoms with Gasteiger partial charge in [0.05, 0.1) is 4.90 Å². The van der Waals surface area contributed by atoms with E-state index < -0.39 is 15.7 Å². The molecule has 1 heterocycles. The highest BCUT2D eigenvalue weighted by Crippen LogP contribution is 2.16. The number of rotatable bonds is 3. The number of carbonyl (C=O) groups is 1. The van der Waals surface area contributed by atoms with E-state index in [0.29, 0.717) is 5.69 Å². The highest BCUT2D eigenvalue weighted by Gasteiger charge is 2.16. The number of amides is 1. The molecular formula is C10H10N4O4S. The summed E-state index contributed by atoms with van der Waals surface area (Å²) in [5, 5.41) is 9.06. The van der Waals surface area contributed by atoms with Gasteiger partial charge in [-0.2, -0.15) is 0 Å². The van der Waals surface area contributed by atoms with Crippen LogP contribution in [0.3, 0.4) is 0 Å². The monoisotopic (exact) mass is 282 g/mol. The summed E-state index contributed by atoms with van der Waals surface area (Å²) in [4.78, 5) is 11.8. The van der Waals surface area contributed by atoms with E-state index in [1.165, 1.54) is 24.3 Å². The maximum Gasteiger partial charge on any atom is 0.281 e. The zero-order valence-electron chi connectivity index (χ0n) is 9.82. The average Bonchev–Trinajstić information content (AvgIpc) is 2.75. The third-order valence-corrected chi connectivity index (χ3v) is 3.36. The fourth-order valence-electron chi connectivity index (χ4n) is 1.35. The van der Waals surface area contributed by atoms with Crippen molar-refractivity contribution in [3.63, 3.8) is 0 Å². The van der Waals surface area contributed by atoms with Crippen LogP contribution in [0.15, 0.2) is 33.8 Å². The molecule has 0 saturated carbocycles. The van der Waals surface area contributed by atoms with E-state index in [4.69, 9.17) is 5.73 Å². The second-order valence-corrected chi connectivity index (χ2v) is 5.77. The predicted molar refractivity (Wildman–Crippen MR) is 66.2 cm³/mol. The number of benzene rings is 1. The van der Waals surface area contributed by atoms with Gasteiger partial charge in [0.2, 0.25) is 11.5 Å². The maximum absolute atomic E-state index is 11.8. The van der Waals surface area contributed by atoms with Gasteiger partial charge in [-0.05, 0) is 28.5 Å². The molecule has 3 N–H and O–H groups in total. The Morgan fingerprint density at radius 1 is 1.37 bits per heavy atom. The van der Waals surface area contributed by atoms with Crippen molar-refractivity contribution in [1.82, 2.24) is 10.3 Å². The van der Waals surface area contributed by atoms with E-state index in [2.05, 4.69) is 20.3 Å². The largest absolute Gasteiger partial charge is 0.379 e. The number of nitrogen functional groups attached to an aromatic ring is 1. The van der Waals surface area contributed by atoms with Crippen molar-refractivity contribution in [3.8, 4) is 0 Å². The second-order valence-electron chi connectivity index (χ2n) is 3.75. The normalized spacial score (nSPS) is 11.2. The Morgan fingerprint density at radius 3 is 2.68 bits per heavy atom. The minimum Gasteiger partial charge on any atom is -0.379 e. The van der Waals surface area contributed by atoms with Crippen molar-refractivity contribution >= 4 is 27.2 Å². The first-order valence-corrected chi connectivity index (χ1v) is 6.96. The lowest BCUT2D eigenvalue weighted by Gasteiger charge is -2.04. The van der Waals surface area contributed by atoms with E-state index in [1.807, 2.05) is 0 Å².